The predicted octanol–water partition coefficient (Wildman–Crippen LogP) is 5.26. The number of fused-ring (bicyclic) bond motifs is 3. The Kier molecular flexibility index (Phi) is 5.34. The van der Waals surface area contributed by atoms with Crippen molar-refractivity contribution in [1.82, 2.24) is 9.55 Å². The number of nitrogens with one attached hydrogen (secondary N) is 1. The molecule has 5 rings (SSSR count). The molecule has 1 saturated heterocycles. The van der Waals surface area contributed by atoms with Crippen molar-refractivity contribution in [2.24, 2.45) is 0 Å². The van der Waals surface area contributed by atoms with Gasteiger partial charge in [-0.15, -0.1) is 17.9 Å². The Morgan fingerprint density at radius 3 is 2.60 bits per heavy atom. The number of anilines is 3. The minimum atomic E-state index is 0.0479. The van der Waals surface area contributed by atoms with Gasteiger partial charge in [-0.2, -0.15) is 0 Å². The summed E-state index contributed by atoms with van der Waals surface area (Å²) in [7, 11) is 0. The molecule has 30 heavy (non-hydrogen) atoms. The predicted molar refractivity (Wildman–Crippen MR) is 127 cm³/mol. The number of thiophene rings is 1. The molecule has 5 nitrogen and oxygen atoms in total. The number of piperidine rings is 1. The topological polar surface area (TPSA) is 50.2 Å². The summed E-state index contributed by atoms with van der Waals surface area (Å²) in [6.45, 7) is 6.55. The van der Waals surface area contributed by atoms with Crippen molar-refractivity contribution < 1.29 is 0 Å². The van der Waals surface area contributed by atoms with Gasteiger partial charge in [0, 0.05) is 35.9 Å². The highest BCUT2D eigenvalue weighted by Crippen LogP contribution is 2.34. The van der Waals surface area contributed by atoms with Gasteiger partial charge >= 0.3 is 0 Å². The molecule has 1 aromatic carbocycles. The molecule has 0 atom stereocenters. The van der Waals surface area contributed by atoms with E-state index in [2.05, 4.69) is 41.1 Å². The molecule has 0 amide bonds. The zero-order valence-electron chi connectivity index (χ0n) is 17.3. The highest BCUT2D eigenvalue weighted by Gasteiger charge is 2.22. The van der Waals surface area contributed by atoms with Gasteiger partial charge in [-0.3, -0.25) is 9.36 Å². The van der Waals surface area contributed by atoms with E-state index in [1.807, 2.05) is 0 Å². The number of aromatic nitrogens is 2. The summed E-state index contributed by atoms with van der Waals surface area (Å²) < 4.78 is 1.72. The van der Waals surface area contributed by atoms with Gasteiger partial charge in [0.25, 0.3) is 5.56 Å². The molecular formula is C24H28N4OS. The number of allylic oxidation sites excluding steroid dienone is 1. The van der Waals surface area contributed by atoms with E-state index in [4.69, 9.17) is 4.98 Å². The minimum Gasteiger partial charge on any atom is -0.372 e. The largest absolute Gasteiger partial charge is 0.372 e. The molecule has 2 aromatic heterocycles. The first kappa shape index (κ1) is 19.4. The lowest BCUT2D eigenvalue weighted by atomic mass is 9.97. The van der Waals surface area contributed by atoms with Crippen molar-refractivity contribution in [1.29, 1.82) is 0 Å². The molecule has 0 unspecified atom stereocenters. The molecule has 0 spiro atoms. The number of rotatable bonds is 5. The van der Waals surface area contributed by atoms with Crippen LogP contribution in [0.15, 0.2) is 41.7 Å². The molecule has 156 valence electrons. The van der Waals surface area contributed by atoms with Gasteiger partial charge in [-0.1, -0.05) is 6.08 Å². The second-order valence-electron chi connectivity index (χ2n) is 8.25. The van der Waals surface area contributed by atoms with Crippen LogP contribution in [0.5, 0.6) is 0 Å². The lowest BCUT2D eigenvalue weighted by Crippen LogP contribution is -2.29. The molecule has 0 radical (unpaired) electrons. The third-order valence-corrected chi connectivity index (χ3v) is 7.42. The Labute approximate surface area is 181 Å². The quantitative estimate of drug-likeness (QED) is 0.572. The van der Waals surface area contributed by atoms with E-state index in [1.165, 1.54) is 41.8 Å². The van der Waals surface area contributed by atoms with Crippen molar-refractivity contribution >= 4 is 38.9 Å². The van der Waals surface area contributed by atoms with E-state index in [-0.39, 0.29) is 5.56 Å². The summed E-state index contributed by atoms with van der Waals surface area (Å²) in [5.74, 6) is 0.594. The Morgan fingerprint density at radius 2 is 1.83 bits per heavy atom. The first-order valence-electron chi connectivity index (χ1n) is 11.0. The van der Waals surface area contributed by atoms with Crippen LogP contribution in [0.4, 0.5) is 17.3 Å². The van der Waals surface area contributed by atoms with Crippen LogP contribution in [0.25, 0.3) is 10.2 Å². The molecule has 6 heteroatoms. The Hall–Kier alpha value is -2.60. The van der Waals surface area contributed by atoms with Crippen LogP contribution < -0.4 is 15.8 Å². The molecule has 1 fully saturated rings. The van der Waals surface area contributed by atoms with Gasteiger partial charge in [0.15, 0.2) is 0 Å². The minimum absolute atomic E-state index is 0.0479. The van der Waals surface area contributed by atoms with Gasteiger partial charge < -0.3 is 10.2 Å². The van der Waals surface area contributed by atoms with Gasteiger partial charge in [0.05, 0.1) is 5.39 Å². The maximum absolute atomic E-state index is 13.4. The average molecular weight is 421 g/mol. The third-order valence-electron chi connectivity index (χ3n) is 6.23. The fourth-order valence-electron chi connectivity index (χ4n) is 4.67. The van der Waals surface area contributed by atoms with Gasteiger partial charge in [-0.05, 0) is 74.8 Å². The van der Waals surface area contributed by atoms with E-state index < -0.39 is 0 Å². The lowest BCUT2D eigenvalue weighted by Gasteiger charge is -2.28. The van der Waals surface area contributed by atoms with Crippen molar-refractivity contribution in [3.63, 3.8) is 0 Å². The summed E-state index contributed by atoms with van der Waals surface area (Å²) >= 11 is 1.69. The first-order chi connectivity index (χ1) is 14.7. The Bertz CT molecular complexity index is 1120. The number of benzene rings is 1. The summed E-state index contributed by atoms with van der Waals surface area (Å²) in [4.78, 5) is 22.9. The fraction of sp³-hybridized carbons (Fsp3) is 0.417. The van der Waals surface area contributed by atoms with E-state index in [1.54, 1.807) is 22.0 Å². The van der Waals surface area contributed by atoms with Crippen LogP contribution in [-0.4, -0.2) is 22.6 Å². The van der Waals surface area contributed by atoms with Gasteiger partial charge in [-0.25, -0.2) is 4.98 Å². The summed E-state index contributed by atoms with van der Waals surface area (Å²) in [5, 5.41) is 4.21. The maximum Gasteiger partial charge on any atom is 0.264 e. The molecule has 0 saturated carbocycles. The molecule has 3 heterocycles. The number of hydrogen-bond acceptors (Lipinski definition) is 5. The van der Waals surface area contributed by atoms with Crippen molar-refractivity contribution in [2.45, 2.75) is 51.5 Å². The molecule has 1 aliphatic heterocycles. The van der Waals surface area contributed by atoms with Crippen LogP contribution in [0, 0.1) is 0 Å². The Morgan fingerprint density at radius 1 is 1.07 bits per heavy atom. The molecule has 3 aromatic rings. The third kappa shape index (κ3) is 3.54. The SMILES string of the molecule is C=CCn1c(Nc2ccc(N3CCCCC3)cc2)nc2sc3c(c2c1=O)CCCC3. The zero-order valence-corrected chi connectivity index (χ0v) is 18.1. The van der Waals surface area contributed by atoms with Crippen LogP contribution in [0.2, 0.25) is 0 Å². The highest BCUT2D eigenvalue weighted by molar-refractivity contribution is 7.18. The van der Waals surface area contributed by atoms with E-state index >= 15 is 0 Å². The summed E-state index contributed by atoms with van der Waals surface area (Å²) in [5.41, 5.74) is 3.49. The molecular weight excluding hydrogens is 392 g/mol. The molecule has 0 bridgehead atoms. The van der Waals surface area contributed by atoms with Gasteiger partial charge in [0.2, 0.25) is 5.95 Å². The normalized spacial score (nSPS) is 16.5. The van der Waals surface area contributed by atoms with Crippen molar-refractivity contribution in [3.8, 4) is 0 Å². The first-order valence-corrected chi connectivity index (χ1v) is 11.8. The monoisotopic (exact) mass is 420 g/mol. The summed E-state index contributed by atoms with van der Waals surface area (Å²) in [6.07, 6.45) is 10.0. The zero-order chi connectivity index (χ0) is 20.5. The van der Waals surface area contributed by atoms with Crippen LogP contribution in [0.1, 0.15) is 42.5 Å². The van der Waals surface area contributed by atoms with Crippen molar-refractivity contribution in [3.05, 3.63) is 57.7 Å². The van der Waals surface area contributed by atoms with Crippen LogP contribution >= 0.6 is 11.3 Å². The Balaban J connectivity index is 1.49. The smallest absolute Gasteiger partial charge is 0.264 e. The molecule has 1 N–H and O–H groups in total. The fourth-order valence-corrected chi connectivity index (χ4v) is 5.92. The number of nitrogens with zero attached hydrogens (tertiary/aromatic N) is 3. The van der Waals surface area contributed by atoms with E-state index in [0.29, 0.717) is 12.5 Å². The number of hydrogen-bond donors (Lipinski definition) is 1. The lowest BCUT2D eigenvalue weighted by molar-refractivity contribution is 0.578. The number of aryl methyl sites for hydroxylation is 2. The molecule has 2 aliphatic rings. The average Bonchev–Trinajstić information content (AvgIpc) is 3.16. The second-order valence-corrected chi connectivity index (χ2v) is 9.33. The molecule has 1 aliphatic carbocycles. The van der Waals surface area contributed by atoms with Crippen LogP contribution in [-0.2, 0) is 19.4 Å². The van der Waals surface area contributed by atoms with E-state index in [9.17, 15) is 4.79 Å². The maximum atomic E-state index is 13.4. The van der Waals surface area contributed by atoms with Gasteiger partial charge in [0.1, 0.15) is 4.83 Å². The standard InChI is InChI=1S/C24H28N4OS/c1-2-14-28-23(29)21-19-8-4-5-9-20(19)30-22(21)26-24(28)25-17-10-12-18(13-11-17)27-15-6-3-7-16-27/h2,10-13H,1,3-9,14-16H2,(H,25,26). The summed E-state index contributed by atoms with van der Waals surface area (Å²) in [6, 6.07) is 8.48. The second kappa shape index (κ2) is 8.26. The van der Waals surface area contributed by atoms with Crippen molar-refractivity contribution in [2.75, 3.05) is 23.3 Å². The van der Waals surface area contributed by atoms with Crippen LogP contribution in [0.3, 0.4) is 0 Å². The highest BCUT2D eigenvalue weighted by atomic mass is 32.1. The van der Waals surface area contributed by atoms with E-state index in [0.717, 1.165) is 48.3 Å².